The van der Waals surface area contributed by atoms with E-state index in [9.17, 15) is 0 Å². The summed E-state index contributed by atoms with van der Waals surface area (Å²) in [6, 6.07) is 6.69. The normalized spacial score (nSPS) is 33.5. The first-order valence-corrected chi connectivity index (χ1v) is 11.1. The van der Waals surface area contributed by atoms with Crippen molar-refractivity contribution < 1.29 is 14.2 Å². The maximum Gasteiger partial charge on any atom is 0.0930 e. The summed E-state index contributed by atoms with van der Waals surface area (Å²) in [5, 5.41) is 0. The zero-order valence-electron chi connectivity index (χ0n) is 18.6. The molecule has 4 rings (SSSR count). The highest BCUT2D eigenvalue weighted by Crippen LogP contribution is 2.54. The van der Waals surface area contributed by atoms with Crippen molar-refractivity contribution in [3.05, 3.63) is 35.4 Å². The molecule has 0 amide bonds. The third-order valence-electron chi connectivity index (χ3n) is 7.39. The summed E-state index contributed by atoms with van der Waals surface area (Å²) in [4.78, 5) is 0. The van der Waals surface area contributed by atoms with E-state index >= 15 is 0 Å². The van der Waals surface area contributed by atoms with Crippen LogP contribution < -0.4 is 5.73 Å². The summed E-state index contributed by atoms with van der Waals surface area (Å²) in [5.74, 6) is 0.441. The third-order valence-corrected chi connectivity index (χ3v) is 7.39. The van der Waals surface area contributed by atoms with Crippen molar-refractivity contribution in [2.75, 3.05) is 33.2 Å². The zero-order chi connectivity index (χ0) is 20.7. The van der Waals surface area contributed by atoms with Gasteiger partial charge in [0, 0.05) is 25.5 Å². The van der Waals surface area contributed by atoms with E-state index in [1.165, 1.54) is 23.1 Å². The molecule has 2 bridgehead atoms. The van der Waals surface area contributed by atoms with Crippen LogP contribution in [0.5, 0.6) is 0 Å². The van der Waals surface area contributed by atoms with Crippen molar-refractivity contribution in [2.45, 2.75) is 75.9 Å². The van der Waals surface area contributed by atoms with Gasteiger partial charge in [-0.3, -0.25) is 0 Å². The number of anilines is 1. The topological polar surface area (TPSA) is 53.7 Å². The van der Waals surface area contributed by atoms with Crippen LogP contribution in [0.4, 0.5) is 5.69 Å². The van der Waals surface area contributed by atoms with Crippen molar-refractivity contribution in [2.24, 2.45) is 5.41 Å². The smallest absolute Gasteiger partial charge is 0.0930 e. The molecular weight excluding hydrogens is 362 g/mol. The van der Waals surface area contributed by atoms with E-state index in [0.29, 0.717) is 24.5 Å². The Labute approximate surface area is 175 Å². The number of rotatable bonds is 6. The molecule has 3 atom stereocenters. The quantitative estimate of drug-likeness (QED) is 0.658. The lowest BCUT2D eigenvalue weighted by atomic mass is 9.75. The van der Waals surface area contributed by atoms with Crippen LogP contribution >= 0.6 is 0 Å². The molecule has 2 N–H and O–H groups in total. The molecule has 0 spiro atoms. The molecule has 2 heterocycles. The van der Waals surface area contributed by atoms with E-state index in [1.54, 1.807) is 14.2 Å². The van der Waals surface area contributed by atoms with Crippen LogP contribution in [0.3, 0.4) is 0 Å². The van der Waals surface area contributed by atoms with Gasteiger partial charge in [-0.15, -0.1) is 0 Å². The third kappa shape index (κ3) is 4.12. The van der Waals surface area contributed by atoms with Gasteiger partial charge in [-0.25, -0.2) is 0 Å². The molecule has 0 unspecified atom stereocenters. The molecule has 1 aromatic rings. The lowest BCUT2D eigenvalue weighted by Gasteiger charge is -2.44. The molecule has 2 aliphatic heterocycles. The summed E-state index contributed by atoms with van der Waals surface area (Å²) in [6.07, 6.45) is 9.95. The van der Waals surface area contributed by atoms with Gasteiger partial charge in [0.2, 0.25) is 0 Å². The Bertz CT molecular complexity index is 764. The van der Waals surface area contributed by atoms with E-state index in [-0.39, 0.29) is 11.2 Å². The largest absolute Gasteiger partial charge is 0.398 e. The number of fused-ring (bicyclic) bond motifs is 2. The predicted molar refractivity (Wildman–Crippen MR) is 118 cm³/mol. The summed E-state index contributed by atoms with van der Waals surface area (Å²) >= 11 is 0. The molecule has 4 nitrogen and oxygen atoms in total. The minimum atomic E-state index is -0.189. The Morgan fingerprint density at radius 3 is 2.24 bits per heavy atom. The number of nitrogens with two attached hydrogens (primary N) is 1. The SMILES string of the molecule is COC[C@@]12CC[C@@](COC)(C[C@H](c3ccc(N)c(C4=CCC(C)(C)CC4)c3)C1)O2. The van der Waals surface area contributed by atoms with Crippen LogP contribution in [-0.4, -0.2) is 38.6 Å². The van der Waals surface area contributed by atoms with Gasteiger partial charge < -0.3 is 19.9 Å². The van der Waals surface area contributed by atoms with Crippen LogP contribution in [0.15, 0.2) is 24.3 Å². The van der Waals surface area contributed by atoms with Crippen LogP contribution in [0.2, 0.25) is 0 Å². The average molecular weight is 400 g/mol. The second-order valence-corrected chi connectivity index (χ2v) is 10.4. The van der Waals surface area contributed by atoms with Crippen molar-refractivity contribution in [3.8, 4) is 0 Å². The van der Waals surface area contributed by atoms with Gasteiger partial charge in [0.25, 0.3) is 0 Å². The summed E-state index contributed by atoms with van der Waals surface area (Å²) in [7, 11) is 3.55. The van der Waals surface area contributed by atoms with Gasteiger partial charge in [-0.1, -0.05) is 26.0 Å². The maximum atomic E-state index is 6.61. The first-order chi connectivity index (χ1) is 13.8. The lowest BCUT2D eigenvalue weighted by molar-refractivity contribution is -0.184. The van der Waals surface area contributed by atoms with E-state index in [4.69, 9.17) is 19.9 Å². The highest BCUT2D eigenvalue weighted by atomic mass is 16.6. The number of hydrogen-bond acceptors (Lipinski definition) is 4. The van der Waals surface area contributed by atoms with Gasteiger partial charge >= 0.3 is 0 Å². The molecule has 29 heavy (non-hydrogen) atoms. The number of hydrogen-bond donors (Lipinski definition) is 1. The monoisotopic (exact) mass is 399 g/mol. The second-order valence-electron chi connectivity index (χ2n) is 10.4. The Balaban J connectivity index is 1.64. The molecular formula is C25H37NO3. The fraction of sp³-hybridized carbons (Fsp3) is 0.680. The van der Waals surface area contributed by atoms with Gasteiger partial charge in [-0.2, -0.15) is 0 Å². The molecule has 4 heteroatoms. The minimum absolute atomic E-state index is 0.189. The first kappa shape index (κ1) is 20.9. The number of allylic oxidation sites excluding steroid dienone is 2. The average Bonchev–Trinajstić information content (AvgIpc) is 2.93. The fourth-order valence-corrected chi connectivity index (χ4v) is 5.78. The van der Waals surface area contributed by atoms with Crippen molar-refractivity contribution in [1.29, 1.82) is 0 Å². The molecule has 0 saturated carbocycles. The van der Waals surface area contributed by atoms with Crippen molar-refractivity contribution in [1.82, 2.24) is 0 Å². The second kappa shape index (κ2) is 7.72. The molecule has 2 fully saturated rings. The lowest BCUT2D eigenvalue weighted by Crippen LogP contribution is -2.48. The number of benzene rings is 1. The van der Waals surface area contributed by atoms with Gasteiger partial charge in [-0.05, 0) is 79.5 Å². The first-order valence-electron chi connectivity index (χ1n) is 11.1. The van der Waals surface area contributed by atoms with Crippen molar-refractivity contribution >= 4 is 11.3 Å². The Morgan fingerprint density at radius 2 is 1.69 bits per heavy atom. The molecule has 3 aliphatic rings. The van der Waals surface area contributed by atoms with Gasteiger partial charge in [0.1, 0.15) is 0 Å². The van der Waals surface area contributed by atoms with Crippen LogP contribution in [0, 0.1) is 5.41 Å². The highest BCUT2D eigenvalue weighted by Gasteiger charge is 2.55. The van der Waals surface area contributed by atoms with Gasteiger partial charge in [0.15, 0.2) is 0 Å². The zero-order valence-corrected chi connectivity index (χ0v) is 18.6. The van der Waals surface area contributed by atoms with E-state index < -0.39 is 0 Å². The van der Waals surface area contributed by atoms with E-state index in [0.717, 1.165) is 44.2 Å². The van der Waals surface area contributed by atoms with Crippen LogP contribution in [0.25, 0.3) is 5.57 Å². The molecule has 2 saturated heterocycles. The van der Waals surface area contributed by atoms with Crippen molar-refractivity contribution in [3.63, 3.8) is 0 Å². The molecule has 1 aliphatic carbocycles. The molecule has 1 aromatic carbocycles. The number of nitrogen functional groups attached to an aromatic ring is 1. The minimum Gasteiger partial charge on any atom is -0.398 e. The summed E-state index contributed by atoms with van der Waals surface area (Å²) in [5.41, 5.74) is 11.4. The summed E-state index contributed by atoms with van der Waals surface area (Å²) in [6.45, 7) is 6.00. The maximum absolute atomic E-state index is 6.61. The molecule has 160 valence electrons. The van der Waals surface area contributed by atoms with E-state index in [1.807, 2.05) is 0 Å². The standard InChI is InChI=1S/C25H37NO3/c1-23(2)9-7-18(8-10-23)21-13-19(5-6-22(21)26)20-14-24(16-27-3)11-12-25(15-20,29-24)17-28-4/h5-7,13,20H,8-12,14-17,26H2,1-4H3/t20-,24-,25+. The predicted octanol–water partition coefficient (Wildman–Crippen LogP) is 5.32. The van der Waals surface area contributed by atoms with Crippen LogP contribution in [0.1, 0.15) is 75.8 Å². The van der Waals surface area contributed by atoms with Gasteiger partial charge in [0.05, 0.1) is 24.4 Å². The number of ether oxygens (including phenoxy) is 3. The number of methoxy groups -OCH3 is 2. The van der Waals surface area contributed by atoms with E-state index in [2.05, 4.69) is 38.1 Å². The van der Waals surface area contributed by atoms with Crippen LogP contribution in [-0.2, 0) is 14.2 Å². The molecule has 0 radical (unpaired) electrons. The Kier molecular flexibility index (Phi) is 5.56. The fourth-order valence-electron chi connectivity index (χ4n) is 5.78. The molecule has 0 aromatic heterocycles. The Hall–Kier alpha value is -1.36. The Morgan fingerprint density at radius 1 is 1.03 bits per heavy atom. The highest BCUT2D eigenvalue weighted by molar-refractivity contribution is 5.76. The summed E-state index contributed by atoms with van der Waals surface area (Å²) < 4.78 is 17.8.